The summed E-state index contributed by atoms with van der Waals surface area (Å²) < 4.78 is 35.1. The number of nitrogens with zero attached hydrogens (tertiary/aromatic N) is 1. The summed E-state index contributed by atoms with van der Waals surface area (Å²) in [6.07, 6.45) is 1.91. The maximum Gasteiger partial charge on any atom is 0.252 e. The number of primary amides is 1. The normalized spacial score (nSPS) is 15.3. The molecule has 10 heteroatoms. The van der Waals surface area contributed by atoms with Gasteiger partial charge < -0.3 is 15.8 Å². The third-order valence-corrected chi connectivity index (χ3v) is 10.3. The van der Waals surface area contributed by atoms with Crippen LogP contribution in [0.15, 0.2) is 58.8 Å². The molecule has 0 saturated carbocycles. The van der Waals surface area contributed by atoms with Crippen molar-refractivity contribution < 1.29 is 17.9 Å². The number of methoxy groups -OCH3 is 1. The second-order valence-electron chi connectivity index (χ2n) is 8.43. The summed E-state index contributed by atoms with van der Waals surface area (Å²) >= 11 is 3.51. The number of nitrogens with two attached hydrogens (primary N) is 1. The highest BCUT2D eigenvalue weighted by atomic mass is 127. The van der Waals surface area contributed by atoms with Crippen LogP contribution < -0.4 is 15.8 Å². The second-order valence-corrected chi connectivity index (χ2v) is 13.0. The van der Waals surface area contributed by atoms with Gasteiger partial charge in [-0.15, -0.1) is 11.3 Å². The van der Waals surface area contributed by atoms with Gasteiger partial charge in [0, 0.05) is 51.7 Å². The van der Waals surface area contributed by atoms with Gasteiger partial charge in [0.2, 0.25) is 5.91 Å². The first-order chi connectivity index (χ1) is 16.8. The van der Waals surface area contributed by atoms with E-state index in [1.807, 2.05) is 0 Å². The first kappa shape index (κ1) is 26.1. The van der Waals surface area contributed by atoms with Crippen LogP contribution in [0.3, 0.4) is 0 Å². The van der Waals surface area contributed by atoms with Crippen molar-refractivity contribution in [2.75, 3.05) is 20.2 Å². The lowest BCUT2D eigenvalue weighted by Gasteiger charge is -2.31. The number of ether oxygens (including phenoxy) is 1. The van der Waals surface area contributed by atoms with Crippen LogP contribution in [0.2, 0.25) is 0 Å². The van der Waals surface area contributed by atoms with Crippen molar-refractivity contribution in [3.63, 3.8) is 0 Å². The van der Waals surface area contributed by atoms with Crippen molar-refractivity contribution in [3.8, 4) is 5.75 Å². The third kappa shape index (κ3) is 6.23. The fraction of sp³-hybridized carbons (Fsp3) is 0.320. The van der Waals surface area contributed by atoms with E-state index in [9.17, 15) is 13.2 Å². The van der Waals surface area contributed by atoms with Gasteiger partial charge in [-0.25, -0.2) is 8.42 Å². The lowest BCUT2D eigenvalue weighted by Crippen LogP contribution is -2.44. The summed E-state index contributed by atoms with van der Waals surface area (Å²) in [5, 5.41) is 3.55. The van der Waals surface area contributed by atoms with Gasteiger partial charge in [0.25, 0.3) is 10.0 Å². The molecule has 7 nitrogen and oxygen atoms in total. The first-order valence-corrected chi connectivity index (χ1v) is 14.6. The molecule has 186 valence electrons. The molecule has 0 bridgehead atoms. The summed E-state index contributed by atoms with van der Waals surface area (Å²) in [5.41, 5.74) is 7.80. The van der Waals surface area contributed by atoms with Crippen LogP contribution >= 0.6 is 33.9 Å². The standard InChI is InChI=1S/C25H28IN3O4S2/c1-33-23-4-2-3-21(25(27)30)22(23)15-20-9-10-24(34-20)35(31,32)29-13-11-19(12-14-29)28-16-17-5-7-18(26)8-6-17/h2-10,19,28H,11-16H2,1H3,(H2,27,30). The Morgan fingerprint density at radius 3 is 2.51 bits per heavy atom. The van der Waals surface area contributed by atoms with Crippen molar-refractivity contribution in [1.82, 2.24) is 9.62 Å². The Labute approximate surface area is 223 Å². The summed E-state index contributed by atoms with van der Waals surface area (Å²) in [7, 11) is -2.04. The average Bonchev–Trinajstić information content (AvgIpc) is 3.33. The third-order valence-electron chi connectivity index (χ3n) is 6.16. The summed E-state index contributed by atoms with van der Waals surface area (Å²) in [6, 6.07) is 17.3. The monoisotopic (exact) mass is 625 g/mol. The molecule has 1 aliphatic rings. The van der Waals surface area contributed by atoms with E-state index in [1.54, 1.807) is 34.6 Å². The van der Waals surface area contributed by atoms with Gasteiger partial charge in [0.1, 0.15) is 9.96 Å². The minimum atomic E-state index is -3.57. The van der Waals surface area contributed by atoms with E-state index in [0.29, 0.717) is 40.6 Å². The van der Waals surface area contributed by atoms with Crippen molar-refractivity contribution in [2.45, 2.75) is 36.1 Å². The lowest BCUT2D eigenvalue weighted by molar-refractivity contribution is 0.0999. The minimum absolute atomic E-state index is 0.289. The van der Waals surface area contributed by atoms with E-state index >= 15 is 0 Å². The molecule has 1 aromatic heterocycles. The van der Waals surface area contributed by atoms with Gasteiger partial charge in [0.15, 0.2) is 0 Å². The Kier molecular flexibility index (Phi) is 8.48. The van der Waals surface area contributed by atoms with E-state index in [2.05, 4.69) is 52.2 Å². The Balaban J connectivity index is 1.39. The van der Waals surface area contributed by atoms with Gasteiger partial charge in [-0.2, -0.15) is 4.31 Å². The minimum Gasteiger partial charge on any atom is -0.496 e. The zero-order chi connectivity index (χ0) is 25.0. The smallest absolute Gasteiger partial charge is 0.252 e. The number of amides is 1. The summed E-state index contributed by atoms with van der Waals surface area (Å²) in [4.78, 5) is 12.7. The number of rotatable bonds is 9. The van der Waals surface area contributed by atoms with Crippen LogP contribution in [0.5, 0.6) is 5.75 Å². The van der Waals surface area contributed by atoms with E-state index < -0.39 is 15.9 Å². The molecule has 3 N–H and O–H groups in total. The number of thiophene rings is 1. The molecule has 2 aromatic carbocycles. The molecule has 2 heterocycles. The van der Waals surface area contributed by atoms with Gasteiger partial charge in [0.05, 0.1) is 7.11 Å². The highest BCUT2D eigenvalue weighted by Crippen LogP contribution is 2.31. The SMILES string of the molecule is COc1cccc(C(N)=O)c1Cc1ccc(S(=O)(=O)N2CCC(NCc3ccc(I)cc3)CC2)s1. The Bertz CT molecular complexity index is 1280. The topological polar surface area (TPSA) is 102 Å². The molecule has 1 amide bonds. The van der Waals surface area contributed by atoms with E-state index in [0.717, 1.165) is 24.3 Å². The van der Waals surface area contributed by atoms with Crippen LogP contribution in [-0.4, -0.2) is 44.9 Å². The van der Waals surface area contributed by atoms with E-state index in [4.69, 9.17) is 10.5 Å². The summed E-state index contributed by atoms with van der Waals surface area (Å²) in [6.45, 7) is 1.75. The van der Waals surface area contributed by atoms with Crippen LogP contribution in [0.1, 0.15) is 39.2 Å². The lowest BCUT2D eigenvalue weighted by atomic mass is 10.0. The molecule has 0 spiro atoms. The number of carbonyl (C=O) groups excluding carboxylic acids is 1. The van der Waals surface area contributed by atoms with Crippen LogP contribution in [0.4, 0.5) is 0 Å². The van der Waals surface area contributed by atoms with Gasteiger partial charge in [-0.3, -0.25) is 4.79 Å². The zero-order valence-corrected chi connectivity index (χ0v) is 23.2. The van der Waals surface area contributed by atoms with Gasteiger partial charge >= 0.3 is 0 Å². The van der Waals surface area contributed by atoms with Crippen molar-refractivity contribution >= 4 is 49.9 Å². The number of benzene rings is 2. The Morgan fingerprint density at radius 1 is 1.14 bits per heavy atom. The Hall–Kier alpha value is -1.99. The van der Waals surface area contributed by atoms with Crippen molar-refractivity contribution in [1.29, 1.82) is 0 Å². The molecule has 4 rings (SSSR count). The van der Waals surface area contributed by atoms with Crippen LogP contribution in [0, 0.1) is 3.57 Å². The second kappa shape index (κ2) is 11.4. The summed E-state index contributed by atoms with van der Waals surface area (Å²) in [5.74, 6) is 0.0146. The average molecular weight is 626 g/mol. The van der Waals surface area contributed by atoms with Crippen LogP contribution in [0.25, 0.3) is 0 Å². The number of hydrogen-bond donors (Lipinski definition) is 2. The zero-order valence-electron chi connectivity index (χ0n) is 19.4. The van der Waals surface area contributed by atoms with Gasteiger partial charge in [-0.1, -0.05) is 18.2 Å². The molecule has 1 aliphatic heterocycles. The molecule has 0 atom stereocenters. The van der Waals surface area contributed by atoms with Gasteiger partial charge in [-0.05, 0) is 77.4 Å². The molecule has 1 saturated heterocycles. The first-order valence-electron chi connectivity index (χ1n) is 11.3. The number of halogens is 1. The molecule has 0 unspecified atom stereocenters. The maximum absolute atomic E-state index is 13.3. The number of carbonyl (C=O) groups is 1. The molecule has 3 aromatic rings. The van der Waals surface area contributed by atoms with E-state index in [-0.39, 0.29) is 6.04 Å². The number of nitrogens with one attached hydrogen (secondary N) is 1. The predicted molar refractivity (Wildman–Crippen MR) is 146 cm³/mol. The number of sulfonamides is 1. The fourth-order valence-electron chi connectivity index (χ4n) is 4.23. The predicted octanol–water partition coefficient (Wildman–Crippen LogP) is 3.99. The Morgan fingerprint density at radius 2 is 1.86 bits per heavy atom. The molecule has 35 heavy (non-hydrogen) atoms. The molecule has 0 aliphatic carbocycles. The van der Waals surface area contributed by atoms with Crippen LogP contribution in [-0.2, 0) is 23.0 Å². The molecule has 1 fully saturated rings. The number of piperidine rings is 1. The van der Waals surface area contributed by atoms with Crippen molar-refractivity contribution in [3.05, 3.63) is 79.7 Å². The largest absolute Gasteiger partial charge is 0.496 e. The van der Waals surface area contributed by atoms with Crippen molar-refractivity contribution in [2.24, 2.45) is 5.73 Å². The highest BCUT2D eigenvalue weighted by Gasteiger charge is 2.30. The fourth-order valence-corrected chi connectivity index (χ4v) is 7.58. The quantitative estimate of drug-likeness (QED) is 0.351. The maximum atomic E-state index is 13.3. The van der Waals surface area contributed by atoms with E-state index in [1.165, 1.54) is 27.6 Å². The molecule has 0 radical (unpaired) electrons. The molecular weight excluding hydrogens is 597 g/mol. The molecular formula is C25H28IN3O4S2. The number of hydrogen-bond acceptors (Lipinski definition) is 6. The highest BCUT2D eigenvalue weighted by molar-refractivity contribution is 14.1.